The van der Waals surface area contributed by atoms with Gasteiger partial charge in [0.2, 0.25) is 0 Å². The molecule has 4 heterocycles. The number of methoxy groups -OCH3 is 1. The summed E-state index contributed by atoms with van der Waals surface area (Å²) in [5.41, 5.74) is 5.05. The van der Waals surface area contributed by atoms with Crippen LogP contribution < -0.4 is 10.1 Å². The SMILES string of the molecule is C=C1CN2CCCC2(c2nc(OC)nc3c2CCNC3)C1. The summed E-state index contributed by atoms with van der Waals surface area (Å²) in [4.78, 5) is 11.9. The Kier molecular flexibility index (Phi) is 3.01. The van der Waals surface area contributed by atoms with Gasteiger partial charge in [-0.3, -0.25) is 4.90 Å². The number of nitrogens with one attached hydrogen (secondary N) is 1. The molecule has 0 aromatic carbocycles. The molecule has 1 aromatic rings. The topological polar surface area (TPSA) is 50.3 Å². The maximum absolute atomic E-state index is 5.36. The molecule has 0 amide bonds. The minimum atomic E-state index is 0.0503. The van der Waals surface area contributed by atoms with Crippen molar-refractivity contribution < 1.29 is 4.74 Å². The highest BCUT2D eigenvalue weighted by atomic mass is 16.5. The van der Waals surface area contributed by atoms with Gasteiger partial charge in [0, 0.05) is 18.7 Å². The van der Waals surface area contributed by atoms with Crippen LogP contribution in [0.15, 0.2) is 12.2 Å². The van der Waals surface area contributed by atoms with E-state index in [4.69, 9.17) is 9.72 Å². The van der Waals surface area contributed by atoms with Crippen LogP contribution in [-0.2, 0) is 18.5 Å². The molecule has 112 valence electrons. The average Bonchev–Trinajstić information content (AvgIpc) is 3.02. The molecule has 0 spiro atoms. The molecule has 4 rings (SSSR count). The maximum Gasteiger partial charge on any atom is 0.316 e. The number of hydrogen-bond acceptors (Lipinski definition) is 5. The monoisotopic (exact) mass is 286 g/mol. The molecule has 0 bridgehead atoms. The normalized spacial score (nSPS) is 28.5. The van der Waals surface area contributed by atoms with E-state index >= 15 is 0 Å². The maximum atomic E-state index is 5.36. The van der Waals surface area contributed by atoms with Gasteiger partial charge >= 0.3 is 6.01 Å². The number of aromatic nitrogens is 2. The second-order valence-corrected chi connectivity index (χ2v) is 6.39. The number of fused-ring (bicyclic) bond motifs is 2. The van der Waals surface area contributed by atoms with E-state index in [-0.39, 0.29) is 5.54 Å². The lowest BCUT2D eigenvalue weighted by Crippen LogP contribution is -2.39. The molecule has 1 N–H and O–H groups in total. The van der Waals surface area contributed by atoms with Crippen molar-refractivity contribution in [2.75, 3.05) is 26.7 Å². The predicted octanol–water partition coefficient (Wildman–Crippen LogP) is 1.38. The van der Waals surface area contributed by atoms with Crippen LogP contribution in [0.3, 0.4) is 0 Å². The van der Waals surface area contributed by atoms with Gasteiger partial charge in [0.25, 0.3) is 0 Å². The molecule has 1 aromatic heterocycles. The lowest BCUT2D eigenvalue weighted by atomic mass is 9.84. The summed E-state index contributed by atoms with van der Waals surface area (Å²) in [6.07, 6.45) is 4.46. The third-order valence-electron chi connectivity index (χ3n) is 5.12. The van der Waals surface area contributed by atoms with Crippen LogP contribution in [0.4, 0.5) is 0 Å². The van der Waals surface area contributed by atoms with Crippen molar-refractivity contribution >= 4 is 0 Å². The van der Waals surface area contributed by atoms with Crippen LogP contribution in [0.1, 0.15) is 36.2 Å². The third-order valence-corrected chi connectivity index (χ3v) is 5.12. The Bertz CT molecular complexity index is 600. The molecule has 2 fully saturated rings. The Labute approximate surface area is 125 Å². The number of hydrogen-bond donors (Lipinski definition) is 1. The zero-order valence-electron chi connectivity index (χ0n) is 12.6. The quantitative estimate of drug-likeness (QED) is 0.833. The van der Waals surface area contributed by atoms with Gasteiger partial charge < -0.3 is 10.1 Å². The smallest absolute Gasteiger partial charge is 0.316 e. The van der Waals surface area contributed by atoms with E-state index < -0.39 is 0 Å². The molecular formula is C16H22N4O. The van der Waals surface area contributed by atoms with E-state index in [0.717, 1.165) is 44.7 Å². The summed E-state index contributed by atoms with van der Waals surface area (Å²) in [6.45, 7) is 8.22. The van der Waals surface area contributed by atoms with Gasteiger partial charge in [-0.15, -0.1) is 0 Å². The van der Waals surface area contributed by atoms with Crippen LogP contribution >= 0.6 is 0 Å². The Hall–Kier alpha value is -1.46. The van der Waals surface area contributed by atoms with Crippen LogP contribution in [0.2, 0.25) is 0 Å². The molecule has 1 unspecified atom stereocenters. The molecule has 1 atom stereocenters. The fraction of sp³-hybridized carbons (Fsp3) is 0.625. The Morgan fingerprint density at radius 2 is 2.29 bits per heavy atom. The molecule has 5 heteroatoms. The molecule has 21 heavy (non-hydrogen) atoms. The number of ether oxygens (including phenoxy) is 1. The first kappa shape index (κ1) is 13.2. The summed E-state index contributed by atoms with van der Waals surface area (Å²) < 4.78 is 5.36. The standard InChI is InChI=1S/C16H22N4O/c1-11-8-16(5-3-7-20(16)10-11)14-12-4-6-17-9-13(12)18-15(19-14)21-2/h17H,1,3-10H2,2H3. The van der Waals surface area contributed by atoms with E-state index in [0.29, 0.717) is 6.01 Å². The van der Waals surface area contributed by atoms with Gasteiger partial charge in [-0.1, -0.05) is 12.2 Å². The van der Waals surface area contributed by atoms with Gasteiger partial charge in [-0.05, 0) is 38.8 Å². The van der Waals surface area contributed by atoms with Crippen molar-refractivity contribution in [3.63, 3.8) is 0 Å². The predicted molar refractivity (Wildman–Crippen MR) is 80.2 cm³/mol. The van der Waals surface area contributed by atoms with E-state index in [9.17, 15) is 0 Å². The van der Waals surface area contributed by atoms with Crippen molar-refractivity contribution in [2.24, 2.45) is 0 Å². The van der Waals surface area contributed by atoms with Crippen molar-refractivity contribution in [3.05, 3.63) is 29.1 Å². The highest BCUT2D eigenvalue weighted by Gasteiger charge is 2.49. The molecule has 3 aliphatic heterocycles. The minimum Gasteiger partial charge on any atom is -0.467 e. The molecule has 0 saturated carbocycles. The van der Waals surface area contributed by atoms with Crippen LogP contribution in [0, 0.1) is 0 Å². The molecule has 2 saturated heterocycles. The van der Waals surface area contributed by atoms with Crippen molar-refractivity contribution in [1.82, 2.24) is 20.2 Å². The van der Waals surface area contributed by atoms with E-state index in [1.165, 1.54) is 29.7 Å². The van der Waals surface area contributed by atoms with Crippen molar-refractivity contribution in [2.45, 2.75) is 37.8 Å². The Morgan fingerprint density at radius 3 is 3.14 bits per heavy atom. The number of rotatable bonds is 2. The summed E-state index contributed by atoms with van der Waals surface area (Å²) in [7, 11) is 1.65. The summed E-state index contributed by atoms with van der Waals surface area (Å²) >= 11 is 0. The number of nitrogens with zero attached hydrogens (tertiary/aromatic N) is 3. The highest BCUT2D eigenvalue weighted by molar-refractivity contribution is 5.38. The van der Waals surface area contributed by atoms with Gasteiger partial charge in [0.1, 0.15) is 0 Å². The first-order valence-electron chi connectivity index (χ1n) is 7.79. The second kappa shape index (κ2) is 4.78. The molecule has 0 radical (unpaired) electrons. The van der Waals surface area contributed by atoms with E-state index in [1.54, 1.807) is 7.11 Å². The average molecular weight is 286 g/mol. The van der Waals surface area contributed by atoms with Gasteiger partial charge in [-0.25, -0.2) is 0 Å². The first-order chi connectivity index (χ1) is 10.2. The Balaban J connectivity index is 1.89. The van der Waals surface area contributed by atoms with Crippen LogP contribution in [0.5, 0.6) is 6.01 Å². The molecule has 5 nitrogen and oxygen atoms in total. The lowest BCUT2D eigenvalue weighted by Gasteiger charge is -2.34. The van der Waals surface area contributed by atoms with Crippen LogP contribution in [0.25, 0.3) is 0 Å². The fourth-order valence-electron chi connectivity index (χ4n) is 4.27. The second-order valence-electron chi connectivity index (χ2n) is 6.39. The highest BCUT2D eigenvalue weighted by Crippen LogP contribution is 2.49. The molecular weight excluding hydrogens is 264 g/mol. The van der Waals surface area contributed by atoms with Gasteiger partial charge in [0.15, 0.2) is 0 Å². The summed E-state index contributed by atoms with van der Waals surface area (Å²) in [5, 5.41) is 3.40. The lowest BCUT2D eigenvalue weighted by molar-refractivity contribution is 0.187. The fourth-order valence-corrected chi connectivity index (χ4v) is 4.27. The largest absolute Gasteiger partial charge is 0.467 e. The summed E-state index contributed by atoms with van der Waals surface area (Å²) in [6, 6.07) is 0.506. The zero-order valence-corrected chi connectivity index (χ0v) is 12.6. The van der Waals surface area contributed by atoms with E-state index in [1.807, 2.05) is 0 Å². The van der Waals surface area contributed by atoms with Gasteiger partial charge in [-0.2, -0.15) is 9.97 Å². The summed E-state index contributed by atoms with van der Waals surface area (Å²) in [5.74, 6) is 0. The molecule has 3 aliphatic rings. The van der Waals surface area contributed by atoms with Crippen molar-refractivity contribution in [3.8, 4) is 6.01 Å². The third kappa shape index (κ3) is 1.91. The zero-order chi connectivity index (χ0) is 14.4. The minimum absolute atomic E-state index is 0.0503. The Morgan fingerprint density at radius 1 is 1.38 bits per heavy atom. The molecule has 0 aliphatic carbocycles. The van der Waals surface area contributed by atoms with Gasteiger partial charge in [0.05, 0.1) is 24.0 Å². The van der Waals surface area contributed by atoms with E-state index in [2.05, 4.69) is 21.8 Å². The van der Waals surface area contributed by atoms with Crippen molar-refractivity contribution in [1.29, 1.82) is 0 Å². The first-order valence-corrected chi connectivity index (χ1v) is 7.79. The van der Waals surface area contributed by atoms with Crippen LogP contribution in [-0.4, -0.2) is 41.6 Å².